The molecule has 18 heavy (non-hydrogen) atoms. The van der Waals surface area contributed by atoms with E-state index in [1.807, 2.05) is 12.1 Å². The minimum atomic E-state index is 1.03. The molecule has 0 unspecified atom stereocenters. The van der Waals surface area contributed by atoms with E-state index in [4.69, 9.17) is 4.98 Å². The number of thiazole rings is 1. The molecule has 0 atom stereocenters. The molecule has 0 saturated heterocycles. The van der Waals surface area contributed by atoms with Gasteiger partial charge in [-0.15, -0.1) is 24.0 Å². The molecule has 0 aliphatic heterocycles. The van der Waals surface area contributed by atoms with Gasteiger partial charge in [0.25, 0.3) is 0 Å². The molecule has 0 spiro atoms. The highest BCUT2D eigenvalue weighted by atomic mass is 32.1. The van der Waals surface area contributed by atoms with Crippen molar-refractivity contribution < 1.29 is 0 Å². The van der Waals surface area contributed by atoms with Crippen molar-refractivity contribution in [2.24, 2.45) is 0 Å². The third-order valence-electron chi connectivity index (χ3n) is 2.97. The Morgan fingerprint density at radius 1 is 1.11 bits per heavy atom. The van der Waals surface area contributed by atoms with Crippen LogP contribution in [0.5, 0.6) is 0 Å². The summed E-state index contributed by atoms with van der Waals surface area (Å²) in [6.07, 6.45) is 0. The van der Waals surface area contributed by atoms with Crippen LogP contribution in [-0.4, -0.2) is 4.98 Å². The summed E-state index contributed by atoms with van der Waals surface area (Å²) in [6.45, 7) is 4.20. The fourth-order valence-corrected chi connectivity index (χ4v) is 3.41. The number of thiol groups is 1. The molecule has 1 nitrogen and oxygen atoms in total. The molecular weight excluding hydrogens is 258 g/mol. The Morgan fingerprint density at radius 2 is 1.89 bits per heavy atom. The number of aromatic nitrogens is 1. The lowest BCUT2D eigenvalue weighted by atomic mass is 10.1. The number of hydrogen-bond acceptors (Lipinski definition) is 3. The highest BCUT2D eigenvalue weighted by molar-refractivity contribution is 7.80. The first-order valence-corrected chi connectivity index (χ1v) is 7.07. The zero-order chi connectivity index (χ0) is 12.7. The van der Waals surface area contributed by atoms with Crippen molar-refractivity contribution >= 4 is 34.2 Å². The van der Waals surface area contributed by atoms with E-state index in [-0.39, 0.29) is 0 Å². The predicted molar refractivity (Wildman–Crippen MR) is 81.8 cm³/mol. The van der Waals surface area contributed by atoms with E-state index >= 15 is 0 Å². The van der Waals surface area contributed by atoms with Crippen LogP contribution in [0.1, 0.15) is 11.1 Å². The monoisotopic (exact) mass is 271 g/mol. The van der Waals surface area contributed by atoms with Crippen molar-refractivity contribution in [1.29, 1.82) is 0 Å². The second-order valence-corrected chi connectivity index (χ2v) is 5.94. The Balaban J connectivity index is 2.26. The van der Waals surface area contributed by atoms with Crippen molar-refractivity contribution in [2.45, 2.75) is 18.7 Å². The molecule has 0 aliphatic rings. The quantitative estimate of drug-likeness (QED) is 0.623. The van der Waals surface area contributed by atoms with Crippen molar-refractivity contribution in [3.05, 3.63) is 47.5 Å². The third-order valence-corrected chi connectivity index (χ3v) is 4.63. The first-order chi connectivity index (χ1) is 8.65. The molecule has 0 N–H and O–H groups in total. The maximum atomic E-state index is 4.70. The zero-order valence-corrected chi connectivity index (χ0v) is 12.0. The molecular formula is C15H13NS2. The van der Waals surface area contributed by atoms with Crippen LogP contribution in [0.3, 0.4) is 0 Å². The lowest BCUT2D eigenvalue weighted by Crippen LogP contribution is -1.86. The molecule has 0 bridgehead atoms. The summed E-state index contributed by atoms with van der Waals surface area (Å²) >= 11 is 6.34. The number of aryl methyl sites for hydroxylation is 2. The van der Waals surface area contributed by atoms with Gasteiger partial charge in [-0.25, -0.2) is 4.98 Å². The van der Waals surface area contributed by atoms with Crippen LogP contribution in [0.15, 0.2) is 41.3 Å². The van der Waals surface area contributed by atoms with Gasteiger partial charge in [0.15, 0.2) is 0 Å². The highest BCUT2D eigenvalue weighted by Crippen LogP contribution is 2.35. The van der Waals surface area contributed by atoms with Crippen LogP contribution in [0.25, 0.3) is 20.8 Å². The minimum absolute atomic E-state index is 1.03. The Labute approximate surface area is 116 Å². The fourth-order valence-electron chi connectivity index (χ4n) is 2.11. The van der Waals surface area contributed by atoms with Crippen molar-refractivity contribution in [1.82, 2.24) is 4.98 Å². The van der Waals surface area contributed by atoms with Gasteiger partial charge in [-0.2, -0.15) is 0 Å². The topological polar surface area (TPSA) is 12.9 Å². The van der Waals surface area contributed by atoms with Crippen LogP contribution in [0.4, 0.5) is 0 Å². The maximum absolute atomic E-state index is 4.70. The Kier molecular flexibility index (Phi) is 2.88. The SMILES string of the molecule is Cc1cc(C)c(S)c(-c2nc3ccccc3s2)c1. The van der Waals surface area contributed by atoms with E-state index in [9.17, 15) is 0 Å². The zero-order valence-electron chi connectivity index (χ0n) is 10.3. The fraction of sp³-hybridized carbons (Fsp3) is 0.133. The molecule has 90 valence electrons. The first kappa shape index (κ1) is 11.8. The molecule has 1 heterocycles. The molecule has 0 aliphatic carbocycles. The van der Waals surface area contributed by atoms with Crippen molar-refractivity contribution in [3.63, 3.8) is 0 Å². The van der Waals surface area contributed by atoms with Crippen LogP contribution < -0.4 is 0 Å². The van der Waals surface area contributed by atoms with E-state index in [1.54, 1.807) is 11.3 Å². The summed E-state index contributed by atoms with van der Waals surface area (Å²) < 4.78 is 1.22. The third kappa shape index (κ3) is 1.93. The molecule has 0 radical (unpaired) electrons. The second-order valence-electron chi connectivity index (χ2n) is 4.46. The molecule has 2 aromatic carbocycles. The Morgan fingerprint density at radius 3 is 2.67 bits per heavy atom. The normalized spacial score (nSPS) is 11.1. The summed E-state index contributed by atoms with van der Waals surface area (Å²) in [5, 5.41) is 1.05. The van der Waals surface area contributed by atoms with Gasteiger partial charge in [-0.1, -0.05) is 23.8 Å². The maximum Gasteiger partial charge on any atom is 0.125 e. The van der Waals surface area contributed by atoms with Crippen molar-refractivity contribution in [2.75, 3.05) is 0 Å². The van der Waals surface area contributed by atoms with Gasteiger partial charge in [-0.3, -0.25) is 0 Å². The van der Waals surface area contributed by atoms with Crippen LogP contribution in [0, 0.1) is 13.8 Å². The average molecular weight is 271 g/mol. The molecule has 3 aromatic rings. The number of para-hydroxylation sites is 1. The van der Waals surface area contributed by atoms with Gasteiger partial charge >= 0.3 is 0 Å². The molecule has 0 saturated carbocycles. The average Bonchev–Trinajstić information content (AvgIpc) is 2.77. The van der Waals surface area contributed by atoms with Gasteiger partial charge in [0.05, 0.1) is 10.2 Å². The Bertz CT molecular complexity index is 695. The summed E-state index contributed by atoms with van der Waals surface area (Å²) in [6, 6.07) is 12.5. The molecule has 0 fully saturated rings. The number of rotatable bonds is 1. The van der Waals surface area contributed by atoms with Crippen LogP contribution in [0.2, 0.25) is 0 Å². The number of hydrogen-bond donors (Lipinski definition) is 1. The molecule has 3 heteroatoms. The predicted octanol–water partition coefficient (Wildman–Crippen LogP) is 4.87. The summed E-state index contributed by atoms with van der Waals surface area (Å²) in [4.78, 5) is 5.72. The van der Waals surface area contributed by atoms with E-state index in [2.05, 4.69) is 50.7 Å². The van der Waals surface area contributed by atoms with Gasteiger partial charge in [0.1, 0.15) is 5.01 Å². The minimum Gasteiger partial charge on any atom is -0.236 e. The summed E-state index contributed by atoms with van der Waals surface area (Å²) in [5.41, 5.74) is 4.65. The van der Waals surface area contributed by atoms with Crippen LogP contribution in [-0.2, 0) is 0 Å². The smallest absolute Gasteiger partial charge is 0.125 e. The van der Waals surface area contributed by atoms with Gasteiger partial charge < -0.3 is 0 Å². The van der Waals surface area contributed by atoms with Gasteiger partial charge in [0.2, 0.25) is 0 Å². The molecule has 0 amide bonds. The summed E-state index contributed by atoms with van der Waals surface area (Å²) in [5.74, 6) is 0. The van der Waals surface area contributed by atoms with E-state index in [1.165, 1.54) is 15.8 Å². The highest BCUT2D eigenvalue weighted by Gasteiger charge is 2.10. The molecule has 3 rings (SSSR count). The summed E-state index contributed by atoms with van der Waals surface area (Å²) in [7, 11) is 0. The first-order valence-electron chi connectivity index (χ1n) is 5.81. The van der Waals surface area contributed by atoms with Gasteiger partial charge in [-0.05, 0) is 37.6 Å². The standard InChI is InChI=1S/C15H13NS2/c1-9-7-10(2)14(17)11(8-9)15-16-12-5-3-4-6-13(12)18-15/h3-8,17H,1-2H3. The van der Waals surface area contributed by atoms with E-state index in [0.29, 0.717) is 0 Å². The Hall–Kier alpha value is -1.32. The largest absolute Gasteiger partial charge is 0.236 e. The number of benzene rings is 2. The van der Waals surface area contributed by atoms with E-state index < -0.39 is 0 Å². The lowest BCUT2D eigenvalue weighted by molar-refractivity contribution is 1.26. The lowest BCUT2D eigenvalue weighted by Gasteiger charge is -2.06. The number of nitrogens with zero attached hydrogens (tertiary/aromatic N) is 1. The molecule has 1 aromatic heterocycles. The van der Waals surface area contributed by atoms with E-state index in [0.717, 1.165) is 21.0 Å². The second kappa shape index (κ2) is 4.41. The van der Waals surface area contributed by atoms with Gasteiger partial charge in [0, 0.05) is 10.5 Å². The van der Waals surface area contributed by atoms with Crippen molar-refractivity contribution in [3.8, 4) is 10.6 Å². The number of fused-ring (bicyclic) bond motifs is 1. The van der Waals surface area contributed by atoms with Crippen LogP contribution >= 0.6 is 24.0 Å².